The summed E-state index contributed by atoms with van der Waals surface area (Å²) in [5.74, 6) is 0. The number of hydrogen-bond acceptors (Lipinski definition) is 1. The number of H-pyrrole nitrogens is 1. The maximum absolute atomic E-state index is 12.2. The molecule has 0 unspecified atom stereocenters. The van der Waals surface area contributed by atoms with Crippen LogP contribution in [0.5, 0.6) is 0 Å². The van der Waals surface area contributed by atoms with Gasteiger partial charge < -0.3 is 9.55 Å². The third-order valence-electron chi connectivity index (χ3n) is 3.78. The van der Waals surface area contributed by atoms with Gasteiger partial charge in [-0.05, 0) is 17.5 Å². The Morgan fingerprint density at radius 1 is 0.895 bits per heavy atom. The summed E-state index contributed by atoms with van der Waals surface area (Å²) in [6.45, 7) is 0. The normalized spacial score (nSPS) is 11.6. The molecule has 4 aromatic rings. The van der Waals surface area contributed by atoms with Crippen molar-refractivity contribution in [3.8, 4) is 0 Å². The highest BCUT2D eigenvalue weighted by Crippen LogP contribution is 2.30. The standard InChI is InChI=1S/C16H12N2O/c1-18-13-9-5-4-8-12(13)14-10-6-2-3-7-11(10)16(19)17-15(14)18/h2-9H,1H3,(H,17,19). The predicted octanol–water partition coefficient (Wildman–Crippen LogP) is 3.17. The van der Waals surface area contributed by atoms with E-state index in [0.717, 1.165) is 27.3 Å². The molecule has 2 heterocycles. The van der Waals surface area contributed by atoms with Crippen molar-refractivity contribution >= 4 is 32.7 Å². The van der Waals surface area contributed by atoms with Crippen LogP contribution >= 0.6 is 0 Å². The van der Waals surface area contributed by atoms with Gasteiger partial charge in [0, 0.05) is 23.2 Å². The Bertz CT molecular complexity index is 992. The molecule has 0 aliphatic heterocycles. The van der Waals surface area contributed by atoms with E-state index < -0.39 is 0 Å². The van der Waals surface area contributed by atoms with Crippen LogP contribution in [0.2, 0.25) is 0 Å². The molecule has 3 nitrogen and oxygen atoms in total. The molecule has 0 saturated heterocycles. The summed E-state index contributed by atoms with van der Waals surface area (Å²) in [5.41, 5.74) is 1.98. The van der Waals surface area contributed by atoms with Crippen molar-refractivity contribution in [3.05, 3.63) is 58.9 Å². The highest BCUT2D eigenvalue weighted by atomic mass is 16.1. The van der Waals surface area contributed by atoms with Gasteiger partial charge in [0.2, 0.25) is 0 Å². The second-order valence-corrected chi connectivity index (χ2v) is 4.80. The molecule has 2 aromatic heterocycles. The molecule has 4 rings (SSSR count). The minimum absolute atomic E-state index is 0.0333. The molecule has 19 heavy (non-hydrogen) atoms. The number of benzene rings is 2. The molecule has 0 aliphatic carbocycles. The maximum Gasteiger partial charge on any atom is 0.257 e. The molecule has 2 aromatic carbocycles. The van der Waals surface area contributed by atoms with Gasteiger partial charge in [-0.15, -0.1) is 0 Å². The number of para-hydroxylation sites is 1. The highest BCUT2D eigenvalue weighted by molar-refractivity contribution is 6.19. The molecular formula is C16H12N2O. The Morgan fingerprint density at radius 3 is 2.32 bits per heavy atom. The third-order valence-corrected chi connectivity index (χ3v) is 3.78. The minimum atomic E-state index is -0.0333. The van der Waals surface area contributed by atoms with Crippen molar-refractivity contribution in [1.29, 1.82) is 0 Å². The second kappa shape index (κ2) is 3.48. The fourth-order valence-electron chi connectivity index (χ4n) is 2.89. The lowest BCUT2D eigenvalue weighted by Gasteiger charge is -2.00. The lowest BCUT2D eigenvalue weighted by Crippen LogP contribution is -2.07. The lowest BCUT2D eigenvalue weighted by atomic mass is 10.1. The number of hydrogen-bond donors (Lipinski definition) is 1. The fourth-order valence-corrected chi connectivity index (χ4v) is 2.89. The summed E-state index contributed by atoms with van der Waals surface area (Å²) in [6, 6.07) is 16.0. The van der Waals surface area contributed by atoms with Crippen LogP contribution in [0.25, 0.3) is 32.7 Å². The van der Waals surface area contributed by atoms with E-state index in [1.165, 1.54) is 5.39 Å². The Kier molecular flexibility index (Phi) is 1.90. The first kappa shape index (κ1) is 10.4. The summed E-state index contributed by atoms with van der Waals surface area (Å²) in [7, 11) is 1.98. The molecule has 1 N–H and O–H groups in total. The first-order chi connectivity index (χ1) is 9.27. The molecule has 92 valence electrons. The molecule has 0 radical (unpaired) electrons. The summed E-state index contributed by atoms with van der Waals surface area (Å²) >= 11 is 0. The minimum Gasteiger partial charge on any atom is -0.330 e. The van der Waals surface area contributed by atoms with Crippen LogP contribution in [-0.2, 0) is 7.05 Å². The van der Waals surface area contributed by atoms with Gasteiger partial charge in [-0.2, -0.15) is 0 Å². The van der Waals surface area contributed by atoms with Crippen molar-refractivity contribution in [3.63, 3.8) is 0 Å². The first-order valence-electron chi connectivity index (χ1n) is 6.25. The number of pyridine rings is 1. The number of aromatic amines is 1. The van der Waals surface area contributed by atoms with Crippen molar-refractivity contribution in [1.82, 2.24) is 9.55 Å². The first-order valence-corrected chi connectivity index (χ1v) is 6.25. The molecule has 0 fully saturated rings. The summed E-state index contributed by atoms with van der Waals surface area (Å²) in [6.07, 6.45) is 0. The smallest absolute Gasteiger partial charge is 0.257 e. The molecule has 0 saturated carbocycles. The molecule has 3 heteroatoms. The Morgan fingerprint density at radius 2 is 1.53 bits per heavy atom. The number of aryl methyl sites for hydroxylation is 1. The fraction of sp³-hybridized carbons (Fsp3) is 0.0625. The van der Waals surface area contributed by atoms with Crippen LogP contribution in [0, 0.1) is 0 Å². The Labute approximate surface area is 109 Å². The SMILES string of the molecule is Cn1c2ccccc2c2c3ccccc3c(=O)[nH]c21. The van der Waals surface area contributed by atoms with Gasteiger partial charge in [0.05, 0.1) is 5.52 Å². The van der Waals surface area contributed by atoms with Crippen LogP contribution in [0.3, 0.4) is 0 Å². The van der Waals surface area contributed by atoms with Gasteiger partial charge in [0.25, 0.3) is 5.56 Å². The maximum atomic E-state index is 12.2. The van der Waals surface area contributed by atoms with Gasteiger partial charge in [-0.3, -0.25) is 4.79 Å². The van der Waals surface area contributed by atoms with Gasteiger partial charge in [-0.1, -0.05) is 36.4 Å². The van der Waals surface area contributed by atoms with E-state index in [1.807, 2.05) is 48.0 Å². The van der Waals surface area contributed by atoms with Crippen molar-refractivity contribution in [2.45, 2.75) is 0 Å². The Hall–Kier alpha value is -2.55. The largest absolute Gasteiger partial charge is 0.330 e. The van der Waals surface area contributed by atoms with Crippen LogP contribution in [0.4, 0.5) is 0 Å². The number of fused-ring (bicyclic) bond motifs is 5. The van der Waals surface area contributed by atoms with E-state index in [2.05, 4.69) is 17.1 Å². The zero-order valence-corrected chi connectivity index (χ0v) is 10.5. The number of aromatic nitrogens is 2. The lowest BCUT2D eigenvalue weighted by molar-refractivity contribution is 0.986. The zero-order valence-electron chi connectivity index (χ0n) is 10.5. The average Bonchev–Trinajstić information content (AvgIpc) is 2.73. The van der Waals surface area contributed by atoms with Gasteiger partial charge in [0.15, 0.2) is 0 Å². The van der Waals surface area contributed by atoms with Crippen LogP contribution < -0.4 is 5.56 Å². The van der Waals surface area contributed by atoms with Crippen molar-refractivity contribution < 1.29 is 0 Å². The van der Waals surface area contributed by atoms with E-state index in [9.17, 15) is 4.79 Å². The summed E-state index contributed by atoms with van der Waals surface area (Å²) < 4.78 is 2.04. The third kappa shape index (κ3) is 1.24. The molecule has 0 spiro atoms. The topological polar surface area (TPSA) is 37.8 Å². The monoisotopic (exact) mass is 248 g/mol. The van der Waals surface area contributed by atoms with E-state index in [-0.39, 0.29) is 5.56 Å². The van der Waals surface area contributed by atoms with Crippen molar-refractivity contribution in [2.24, 2.45) is 7.05 Å². The predicted molar refractivity (Wildman–Crippen MR) is 78.6 cm³/mol. The molecular weight excluding hydrogens is 236 g/mol. The summed E-state index contributed by atoms with van der Waals surface area (Å²) in [5, 5.41) is 4.05. The van der Waals surface area contributed by atoms with E-state index in [4.69, 9.17) is 0 Å². The van der Waals surface area contributed by atoms with Gasteiger partial charge in [0.1, 0.15) is 5.65 Å². The van der Waals surface area contributed by atoms with E-state index in [1.54, 1.807) is 0 Å². The van der Waals surface area contributed by atoms with Crippen molar-refractivity contribution in [2.75, 3.05) is 0 Å². The van der Waals surface area contributed by atoms with Crippen LogP contribution in [-0.4, -0.2) is 9.55 Å². The highest BCUT2D eigenvalue weighted by Gasteiger charge is 2.12. The average molecular weight is 248 g/mol. The molecule has 0 atom stereocenters. The molecule has 0 aliphatic rings. The molecule has 0 amide bonds. The van der Waals surface area contributed by atoms with Gasteiger partial charge >= 0.3 is 0 Å². The number of nitrogens with zero attached hydrogens (tertiary/aromatic N) is 1. The number of rotatable bonds is 0. The van der Waals surface area contributed by atoms with E-state index >= 15 is 0 Å². The van der Waals surface area contributed by atoms with E-state index in [0.29, 0.717) is 0 Å². The Balaban J connectivity index is 2.47. The zero-order chi connectivity index (χ0) is 13.0. The second-order valence-electron chi connectivity index (χ2n) is 4.80. The van der Waals surface area contributed by atoms with Crippen LogP contribution in [0.15, 0.2) is 53.3 Å². The van der Waals surface area contributed by atoms with Gasteiger partial charge in [-0.25, -0.2) is 0 Å². The quantitative estimate of drug-likeness (QED) is 0.510. The molecule has 0 bridgehead atoms. The van der Waals surface area contributed by atoms with Crippen LogP contribution in [0.1, 0.15) is 0 Å². The number of nitrogens with one attached hydrogen (secondary N) is 1. The summed E-state index contributed by atoms with van der Waals surface area (Å²) in [4.78, 5) is 15.2.